The quantitative estimate of drug-likeness (QED) is 0.0912. The van der Waals surface area contributed by atoms with Gasteiger partial charge in [-0.15, -0.1) is 35.7 Å². The van der Waals surface area contributed by atoms with Crippen LogP contribution in [0, 0.1) is 31.9 Å². The van der Waals surface area contributed by atoms with Crippen molar-refractivity contribution in [2.45, 2.75) is 64.7 Å². The standard InChI is InChI=1S/C39H32F6N4O.Pt/c1-4-9-25-18-19-46-35(20-25)48-33-15-6-5-12-29(33)30-17-16-28(22-34(30)48)50-27-11-7-10-26(21-27)49-24(3)36(23(2)47-49)37-31(38(40,41)42)13-8-14-32(37)39(43,44)45;/h5-7,10-13,15-20,32,37H,4,8-9,14H2,1-3H3;/q-2;+2/t32-,37?;/m0./s1. The zero-order valence-electron chi connectivity index (χ0n) is 27.8. The Bertz CT molecular complexity index is 2250. The summed E-state index contributed by atoms with van der Waals surface area (Å²) in [7, 11) is 0. The summed E-state index contributed by atoms with van der Waals surface area (Å²) in [4.78, 5) is 4.67. The minimum atomic E-state index is -4.92. The second kappa shape index (κ2) is 14.0. The largest absolute Gasteiger partial charge is 2.00 e. The first-order valence-electron chi connectivity index (χ1n) is 16.4. The fourth-order valence-corrected chi connectivity index (χ4v) is 7.21. The zero-order chi connectivity index (χ0) is 35.4. The number of aromatic nitrogens is 4. The van der Waals surface area contributed by atoms with Crippen LogP contribution < -0.4 is 4.74 Å². The average Bonchev–Trinajstić information content (AvgIpc) is 3.56. The van der Waals surface area contributed by atoms with Gasteiger partial charge in [-0.3, -0.25) is 4.68 Å². The summed E-state index contributed by atoms with van der Waals surface area (Å²) in [5.41, 5.74) is 2.16. The van der Waals surface area contributed by atoms with E-state index in [1.165, 1.54) is 18.5 Å². The third kappa shape index (κ3) is 6.85. The van der Waals surface area contributed by atoms with E-state index in [2.05, 4.69) is 35.2 Å². The number of halogens is 6. The van der Waals surface area contributed by atoms with Crippen molar-refractivity contribution >= 4 is 21.8 Å². The molecule has 0 aliphatic heterocycles. The van der Waals surface area contributed by atoms with Crippen molar-refractivity contribution in [2.75, 3.05) is 0 Å². The molecule has 3 aromatic carbocycles. The first-order valence-corrected chi connectivity index (χ1v) is 16.4. The van der Waals surface area contributed by atoms with Crippen molar-refractivity contribution < 1.29 is 52.1 Å². The smallest absolute Gasteiger partial charge is 0.509 e. The van der Waals surface area contributed by atoms with Crippen LogP contribution in [-0.4, -0.2) is 31.7 Å². The van der Waals surface area contributed by atoms with E-state index < -0.39 is 36.2 Å². The van der Waals surface area contributed by atoms with Crippen LogP contribution in [0.1, 0.15) is 54.6 Å². The molecule has 0 bridgehead atoms. The summed E-state index contributed by atoms with van der Waals surface area (Å²) in [6.45, 7) is 5.04. The molecule has 1 unspecified atom stereocenters. The molecule has 5 nitrogen and oxygen atoms in total. The summed E-state index contributed by atoms with van der Waals surface area (Å²) in [5.74, 6) is -2.73. The third-order valence-corrected chi connectivity index (χ3v) is 9.32. The first-order chi connectivity index (χ1) is 23.8. The molecule has 7 rings (SSSR count). The Balaban J connectivity index is 0.00000448. The monoisotopic (exact) mass is 881 g/mol. The van der Waals surface area contributed by atoms with Crippen molar-refractivity contribution in [3.63, 3.8) is 0 Å². The predicted octanol–water partition coefficient (Wildman–Crippen LogP) is 10.9. The summed E-state index contributed by atoms with van der Waals surface area (Å²) in [6, 6.07) is 27.2. The molecule has 0 amide bonds. The maximum Gasteiger partial charge on any atom is 2.00 e. The number of para-hydroxylation sites is 1. The van der Waals surface area contributed by atoms with E-state index in [1.807, 2.05) is 41.0 Å². The van der Waals surface area contributed by atoms with Crippen molar-refractivity contribution in [3.8, 4) is 23.0 Å². The Morgan fingerprint density at radius 1 is 0.902 bits per heavy atom. The molecule has 6 aromatic rings. The van der Waals surface area contributed by atoms with Gasteiger partial charge in [-0.05, 0) is 67.9 Å². The number of ether oxygens (including phenoxy) is 1. The Morgan fingerprint density at radius 3 is 2.41 bits per heavy atom. The van der Waals surface area contributed by atoms with Crippen molar-refractivity contribution in [2.24, 2.45) is 5.92 Å². The molecule has 266 valence electrons. The number of hydrogen-bond donors (Lipinski definition) is 0. The van der Waals surface area contributed by atoms with E-state index in [4.69, 9.17) is 4.74 Å². The van der Waals surface area contributed by atoms with Gasteiger partial charge in [0, 0.05) is 46.0 Å². The van der Waals surface area contributed by atoms with Crippen LogP contribution in [-0.2, 0) is 27.5 Å². The molecular weight excluding hydrogens is 850 g/mol. The molecule has 0 N–H and O–H groups in total. The maximum atomic E-state index is 14.2. The number of nitrogens with zero attached hydrogens (tertiary/aromatic N) is 4. The molecule has 12 heteroatoms. The van der Waals surface area contributed by atoms with Crippen molar-refractivity contribution in [1.29, 1.82) is 0 Å². The first kappa shape index (κ1) is 36.4. The summed E-state index contributed by atoms with van der Waals surface area (Å²) < 4.78 is 94.5. The molecule has 0 saturated carbocycles. The van der Waals surface area contributed by atoms with E-state index in [-0.39, 0.29) is 50.2 Å². The molecule has 1 aliphatic rings. The van der Waals surface area contributed by atoms with Gasteiger partial charge in [0.2, 0.25) is 0 Å². The SMILES string of the molecule is CCCc1ccnc(-n2c3[c-]c(Oc4[c-]c(-n5nc(C)c(C6C(C(F)(F)F)=CCC[C@@H]6C(F)(F)F)c5C)ccc4)ccc3c3ccccc32)c1.[Pt+2]. The number of pyridine rings is 1. The molecule has 3 aromatic heterocycles. The number of fused-ring (bicyclic) bond motifs is 3. The number of aryl methyl sites for hydroxylation is 2. The Labute approximate surface area is 305 Å². The van der Waals surface area contributed by atoms with Gasteiger partial charge in [-0.2, -0.15) is 43.6 Å². The van der Waals surface area contributed by atoms with Gasteiger partial charge >= 0.3 is 33.4 Å². The van der Waals surface area contributed by atoms with Crippen LogP contribution in [0.5, 0.6) is 11.5 Å². The van der Waals surface area contributed by atoms with E-state index in [9.17, 15) is 26.3 Å². The number of alkyl halides is 6. The summed E-state index contributed by atoms with van der Waals surface area (Å²) >= 11 is 0. The van der Waals surface area contributed by atoms with Gasteiger partial charge in [-0.25, -0.2) is 4.98 Å². The van der Waals surface area contributed by atoms with Gasteiger partial charge in [-0.1, -0.05) is 43.1 Å². The van der Waals surface area contributed by atoms with Crippen LogP contribution in [0.4, 0.5) is 26.3 Å². The normalized spacial score (nSPS) is 16.7. The predicted molar refractivity (Wildman–Crippen MR) is 179 cm³/mol. The van der Waals surface area contributed by atoms with Crippen LogP contribution in [0.3, 0.4) is 0 Å². The van der Waals surface area contributed by atoms with Crippen LogP contribution in [0.15, 0.2) is 84.6 Å². The number of hydrogen-bond acceptors (Lipinski definition) is 3. The fourth-order valence-electron chi connectivity index (χ4n) is 7.21. The second-order valence-electron chi connectivity index (χ2n) is 12.6. The Kier molecular flexibility index (Phi) is 9.98. The number of rotatable bonds is 7. The van der Waals surface area contributed by atoms with Crippen LogP contribution >= 0.6 is 0 Å². The van der Waals surface area contributed by atoms with Gasteiger partial charge in [0.15, 0.2) is 0 Å². The number of benzene rings is 3. The second-order valence-corrected chi connectivity index (χ2v) is 12.6. The van der Waals surface area contributed by atoms with Crippen LogP contribution in [0.25, 0.3) is 33.3 Å². The average molecular weight is 882 g/mol. The van der Waals surface area contributed by atoms with Crippen molar-refractivity contribution in [1.82, 2.24) is 19.3 Å². The third-order valence-electron chi connectivity index (χ3n) is 9.32. The van der Waals surface area contributed by atoms with Crippen molar-refractivity contribution in [3.05, 3.63) is 119 Å². The van der Waals surface area contributed by atoms with Gasteiger partial charge in [0.05, 0.1) is 11.6 Å². The van der Waals surface area contributed by atoms with Crippen LogP contribution in [0.2, 0.25) is 0 Å². The van der Waals surface area contributed by atoms with Gasteiger partial charge < -0.3 is 9.30 Å². The van der Waals surface area contributed by atoms with Gasteiger partial charge in [0.25, 0.3) is 0 Å². The van der Waals surface area contributed by atoms with E-state index in [0.29, 0.717) is 11.4 Å². The minimum Gasteiger partial charge on any atom is -0.509 e. The molecule has 1 aliphatic carbocycles. The number of allylic oxidation sites excluding steroid dienone is 2. The van der Waals surface area contributed by atoms with Gasteiger partial charge in [0.1, 0.15) is 5.82 Å². The molecule has 0 saturated heterocycles. The van der Waals surface area contributed by atoms with E-state index >= 15 is 0 Å². The molecule has 0 radical (unpaired) electrons. The van der Waals surface area contributed by atoms with E-state index in [1.54, 1.807) is 30.5 Å². The summed E-state index contributed by atoms with van der Waals surface area (Å²) in [5, 5.41) is 6.40. The fraction of sp³-hybridized carbons (Fsp3) is 0.282. The maximum absolute atomic E-state index is 14.2. The topological polar surface area (TPSA) is 44.9 Å². The molecule has 0 fully saturated rings. The Morgan fingerprint density at radius 2 is 1.67 bits per heavy atom. The zero-order valence-corrected chi connectivity index (χ0v) is 30.0. The molecule has 0 spiro atoms. The van der Waals surface area contributed by atoms with E-state index in [0.717, 1.165) is 52.1 Å². The molecule has 3 heterocycles. The molecule has 2 atom stereocenters. The Hall–Kier alpha value is -4.37. The molecule has 51 heavy (non-hydrogen) atoms. The minimum absolute atomic E-state index is 0. The summed E-state index contributed by atoms with van der Waals surface area (Å²) in [6.07, 6.45) is -5.90. The molecular formula is C39H32F6N4OPt.